The predicted octanol–water partition coefficient (Wildman–Crippen LogP) is 1.98. The van der Waals surface area contributed by atoms with Crippen LogP contribution in [0.1, 0.15) is 19.3 Å². The van der Waals surface area contributed by atoms with Crippen molar-refractivity contribution in [2.45, 2.75) is 19.3 Å². The first-order chi connectivity index (χ1) is 9.19. The second-order valence-electron chi connectivity index (χ2n) is 4.51. The Morgan fingerprint density at radius 1 is 1.26 bits per heavy atom. The van der Waals surface area contributed by atoms with Crippen LogP contribution < -0.4 is 10.1 Å². The van der Waals surface area contributed by atoms with Gasteiger partial charge < -0.3 is 14.8 Å². The Bertz CT molecular complexity index is 451. The Balaban J connectivity index is 1.83. The number of anilines is 1. The van der Waals surface area contributed by atoms with Crippen molar-refractivity contribution in [3.8, 4) is 5.75 Å². The van der Waals surface area contributed by atoms with Gasteiger partial charge >= 0.3 is 5.97 Å². The van der Waals surface area contributed by atoms with E-state index >= 15 is 0 Å². The van der Waals surface area contributed by atoms with Gasteiger partial charge in [0.25, 0.3) is 0 Å². The third-order valence-electron chi connectivity index (χ3n) is 3.18. The van der Waals surface area contributed by atoms with Crippen molar-refractivity contribution in [2.24, 2.45) is 5.92 Å². The summed E-state index contributed by atoms with van der Waals surface area (Å²) in [6.45, 7) is -0.121. The minimum absolute atomic E-state index is 0.0782. The number of esters is 1. The van der Waals surface area contributed by atoms with Gasteiger partial charge in [-0.2, -0.15) is 0 Å². The van der Waals surface area contributed by atoms with Crippen LogP contribution in [-0.4, -0.2) is 25.6 Å². The lowest BCUT2D eigenvalue weighted by Gasteiger charge is -2.24. The molecule has 1 aliphatic carbocycles. The highest BCUT2D eigenvalue weighted by molar-refractivity contribution is 5.93. The molecule has 102 valence electrons. The molecular formula is C14H17NO4. The summed E-state index contributed by atoms with van der Waals surface area (Å²) in [6, 6.07) is 6.92. The van der Waals surface area contributed by atoms with Crippen molar-refractivity contribution >= 4 is 17.6 Å². The smallest absolute Gasteiger partial charge is 0.343 e. The lowest BCUT2D eigenvalue weighted by molar-refractivity contribution is -0.142. The number of nitrogens with one attached hydrogen (secondary N) is 1. The summed E-state index contributed by atoms with van der Waals surface area (Å²) < 4.78 is 9.68. The van der Waals surface area contributed by atoms with Crippen molar-refractivity contribution in [3.63, 3.8) is 0 Å². The number of hydrogen-bond donors (Lipinski definition) is 1. The Morgan fingerprint density at radius 2 is 1.95 bits per heavy atom. The molecular weight excluding hydrogens is 246 g/mol. The fourth-order valence-electron chi connectivity index (χ4n) is 1.75. The van der Waals surface area contributed by atoms with Crippen molar-refractivity contribution in [1.82, 2.24) is 0 Å². The van der Waals surface area contributed by atoms with Crippen molar-refractivity contribution in [2.75, 3.05) is 19.0 Å². The molecule has 5 nitrogen and oxygen atoms in total. The average molecular weight is 263 g/mol. The summed E-state index contributed by atoms with van der Waals surface area (Å²) in [5.74, 6) is 0.374. The van der Waals surface area contributed by atoms with Crippen LogP contribution in [0.25, 0.3) is 0 Å². The molecule has 0 aromatic heterocycles. The monoisotopic (exact) mass is 263 g/mol. The van der Waals surface area contributed by atoms with E-state index in [1.54, 1.807) is 24.3 Å². The fourth-order valence-corrected chi connectivity index (χ4v) is 1.75. The Kier molecular flexibility index (Phi) is 4.39. The quantitative estimate of drug-likeness (QED) is 0.825. The highest BCUT2D eigenvalue weighted by Crippen LogP contribution is 2.27. The van der Waals surface area contributed by atoms with Gasteiger partial charge in [-0.15, -0.1) is 0 Å². The number of carbonyl (C=O) groups is 2. The first-order valence-electron chi connectivity index (χ1n) is 6.29. The van der Waals surface area contributed by atoms with Gasteiger partial charge in [0.2, 0.25) is 5.91 Å². The summed E-state index contributed by atoms with van der Waals surface area (Å²) in [7, 11) is 1.31. The van der Waals surface area contributed by atoms with Crippen LogP contribution >= 0.6 is 0 Å². The molecule has 1 fully saturated rings. The van der Waals surface area contributed by atoms with E-state index in [1.165, 1.54) is 7.11 Å². The number of amides is 1. The Labute approximate surface area is 111 Å². The van der Waals surface area contributed by atoms with Gasteiger partial charge in [-0.3, -0.25) is 4.79 Å². The van der Waals surface area contributed by atoms with Gasteiger partial charge in [0.05, 0.1) is 7.11 Å². The SMILES string of the molecule is COC(=O)COc1ccc(NC(=O)C2CCC2)cc1. The maximum atomic E-state index is 11.7. The van der Waals surface area contributed by atoms with E-state index < -0.39 is 5.97 Å². The minimum atomic E-state index is -0.428. The lowest BCUT2D eigenvalue weighted by Crippen LogP contribution is -2.27. The van der Waals surface area contributed by atoms with E-state index in [-0.39, 0.29) is 18.4 Å². The number of hydrogen-bond acceptors (Lipinski definition) is 4. The van der Waals surface area contributed by atoms with E-state index in [4.69, 9.17) is 4.74 Å². The fraction of sp³-hybridized carbons (Fsp3) is 0.429. The van der Waals surface area contributed by atoms with Crippen LogP contribution in [0.5, 0.6) is 5.75 Å². The molecule has 0 bridgehead atoms. The highest BCUT2D eigenvalue weighted by Gasteiger charge is 2.24. The molecule has 19 heavy (non-hydrogen) atoms. The second-order valence-corrected chi connectivity index (χ2v) is 4.51. The van der Waals surface area contributed by atoms with Crippen molar-refractivity contribution < 1.29 is 19.1 Å². The molecule has 0 heterocycles. The summed E-state index contributed by atoms with van der Waals surface area (Å²) >= 11 is 0. The summed E-state index contributed by atoms with van der Waals surface area (Å²) in [4.78, 5) is 22.6. The van der Waals surface area contributed by atoms with Crippen molar-refractivity contribution in [1.29, 1.82) is 0 Å². The molecule has 1 aromatic rings. The Morgan fingerprint density at radius 3 is 2.47 bits per heavy atom. The molecule has 0 saturated heterocycles. The standard InChI is InChI=1S/C14H17NO4/c1-18-13(16)9-19-12-7-5-11(6-8-12)15-14(17)10-3-2-4-10/h5-8,10H,2-4,9H2,1H3,(H,15,17). The number of methoxy groups -OCH3 is 1. The zero-order valence-corrected chi connectivity index (χ0v) is 10.8. The van der Waals surface area contributed by atoms with E-state index in [1.807, 2.05) is 0 Å². The van der Waals surface area contributed by atoms with Crippen LogP contribution in [0.2, 0.25) is 0 Å². The van der Waals surface area contributed by atoms with Gasteiger partial charge in [0, 0.05) is 11.6 Å². The van der Waals surface area contributed by atoms with Crippen LogP contribution in [0.3, 0.4) is 0 Å². The van der Waals surface area contributed by atoms with Crippen LogP contribution in [-0.2, 0) is 14.3 Å². The molecule has 0 aliphatic heterocycles. The lowest BCUT2D eigenvalue weighted by atomic mass is 9.85. The predicted molar refractivity (Wildman–Crippen MR) is 69.9 cm³/mol. The van der Waals surface area contributed by atoms with Crippen LogP contribution in [0, 0.1) is 5.92 Å². The zero-order chi connectivity index (χ0) is 13.7. The summed E-state index contributed by atoms with van der Waals surface area (Å²) in [5, 5.41) is 2.86. The molecule has 1 aromatic carbocycles. The zero-order valence-electron chi connectivity index (χ0n) is 10.8. The molecule has 0 unspecified atom stereocenters. The molecule has 1 N–H and O–H groups in total. The normalized spacial score (nSPS) is 14.4. The van der Waals surface area contributed by atoms with Gasteiger partial charge in [-0.1, -0.05) is 6.42 Å². The Hall–Kier alpha value is -2.04. The van der Waals surface area contributed by atoms with Gasteiger partial charge in [0.15, 0.2) is 6.61 Å². The van der Waals surface area contributed by atoms with Gasteiger partial charge in [0.1, 0.15) is 5.75 Å². The number of benzene rings is 1. The highest BCUT2D eigenvalue weighted by atomic mass is 16.6. The molecule has 0 radical (unpaired) electrons. The topological polar surface area (TPSA) is 64.6 Å². The van der Waals surface area contributed by atoms with E-state index in [0.29, 0.717) is 5.75 Å². The number of ether oxygens (including phenoxy) is 2. The largest absolute Gasteiger partial charge is 0.482 e. The molecule has 5 heteroatoms. The number of rotatable bonds is 5. The first kappa shape index (κ1) is 13.4. The first-order valence-corrected chi connectivity index (χ1v) is 6.29. The average Bonchev–Trinajstić information content (AvgIpc) is 2.35. The van der Waals surface area contributed by atoms with Gasteiger partial charge in [-0.25, -0.2) is 4.79 Å². The molecule has 1 amide bonds. The van der Waals surface area contributed by atoms with Crippen LogP contribution in [0.4, 0.5) is 5.69 Å². The van der Waals surface area contributed by atoms with Crippen molar-refractivity contribution in [3.05, 3.63) is 24.3 Å². The van der Waals surface area contributed by atoms with Crippen LogP contribution in [0.15, 0.2) is 24.3 Å². The molecule has 2 rings (SSSR count). The summed E-state index contributed by atoms with van der Waals surface area (Å²) in [6.07, 6.45) is 3.09. The molecule has 0 atom stereocenters. The molecule has 1 saturated carbocycles. The minimum Gasteiger partial charge on any atom is -0.482 e. The van der Waals surface area contributed by atoms with E-state index in [9.17, 15) is 9.59 Å². The second kappa shape index (κ2) is 6.22. The molecule has 1 aliphatic rings. The maximum Gasteiger partial charge on any atom is 0.343 e. The third kappa shape index (κ3) is 3.71. The summed E-state index contributed by atoms with van der Waals surface area (Å²) in [5.41, 5.74) is 0.738. The number of carbonyl (C=O) groups excluding carboxylic acids is 2. The molecule has 0 spiro atoms. The van der Waals surface area contributed by atoms with Gasteiger partial charge in [-0.05, 0) is 37.1 Å². The third-order valence-corrected chi connectivity index (χ3v) is 3.18. The van der Waals surface area contributed by atoms with E-state index in [0.717, 1.165) is 24.9 Å². The maximum absolute atomic E-state index is 11.7. The van der Waals surface area contributed by atoms with E-state index in [2.05, 4.69) is 10.1 Å².